The number of rotatable bonds is 6. The summed E-state index contributed by atoms with van der Waals surface area (Å²) in [5.74, 6) is -1.18. The van der Waals surface area contributed by atoms with Crippen molar-refractivity contribution in [3.8, 4) is 0 Å². The van der Waals surface area contributed by atoms with Crippen LogP contribution in [-0.4, -0.2) is 20.9 Å². The van der Waals surface area contributed by atoms with Gasteiger partial charge in [0.1, 0.15) is 0 Å². The van der Waals surface area contributed by atoms with Crippen molar-refractivity contribution in [1.82, 2.24) is 9.78 Å². The first kappa shape index (κ1) is 15.3. The number of carbonyl (C=O) groups is 1. The number of carboxylic acids is 1. The van der Waals surface area contributed by atoms with E-state index in [1.807, 2.05) is 51.2 Å². The van der Waals surface area contributed by atoms with E-state index in [4.69, 9.17) is 0 Å². The molecule has 4 heteroatoms. The van der Waals surface area contributed by atoms with E-state index >= 15 is 0 Å². The molecule has 0 bridgehead atoms. The molecule has 4 nitrogen and oxygen atoms in total. The lowest BCUT2D eigenvalue weighted by atomic mass is 9.94. The first-order valence-electron chi connectivity index (χ1n) is 7.29. The van der Waals surface area contributed by atoms with Crippen LogP contribution in [0, 0.1) is 12.8 Å². The van der Waals surface area contributed by atoms with Crippen molar-refractivity contribution in [2.75, 3.05) is 0 Å². The van der Waals surface area contributed by atoms with Gasteiger partial charge in [0.15, 0.2) is 0 Å². The Morgan fingerprint density at radius 2 is 1.95 bits per heavy atom. The van der Waals surface area contributed by atoms with Gasteiger partial charge in [0.05, 0.1) is 11.6 Å². The zero-order valence-corrected chi connectivity index (χ0v) is 12.8. The molecule has 1 unspecified atom stereocenters. The quantitative estimate of drug-likeness (QED) is 0.888. The van der Waals surface area contributed by atoms with Crippen molar-refractivity contribution in [1.29, 1.82) is 0 Å². The van der Waals surface area contributed by atoms with Crippen LogP contribution in [-0.2, 0) is 31.1 Å². The molecule has 2 aromatic rings. The zero-order valence-electron chi connectivity index (χ0n) is 12.8. The maximum Gasteiger partial charge on any atom is 0.307 e. The predicted octanol–water partition coefficient (Wildman–Crippen LogP) is 2.78. The van der Waals surface area contributed by atoms with Crippen LogP contribution in [0.4, 0.5) is 0 Å². The molecular formula is C17H22N2O2. The normalized spacial score (nSPS) is 12.3. The van der Waals surface area contributed by atoms with E-state index < -0.39 is 11.9 Å². The monoisotopic (exact) mass is 286 g/mol. The van der Waals surface area contributed by atoms with Gasteiger partial charge in [-0.25, -0.2) is 0 Å². The molecule has 1 heterocycles. The van der Waals surface area contributed by atoms with Crippen LogP contribution in [0.1, 0.15) is 29.4 Å². The lowest BCUT2D eigenvalue weighted by Crippen LogP contribution is -2.20. The lowest BCUT2D eigenvalue weighted by molar-refractivity contribution is -0.141. The van der Waals surface area contributed by atoms with Crippen LogP contribution in [0.2, 0.25) is 0 Å². The average Bonchev–Trinajstić information content (AvgIpc) is 2.81. The summed E-state index contributed by atoms with van der Waals surface area (Å²) >= 11 is 0. The SMILES string of the molecule is CCc1cc(CC(Cc2ccc(C)cc2)C(=O)O)n(C)n1. The van der Waals surface area contributed by atoms with Crippen molar-refractivity contribution in [2.24, 2.45) is 13.0 Å². The van der Waals surface area contributed by atoms with Gasteiger partial charge >= 0.3 is 5.97 Å². The summed E-state index contributed by atoms with van der Waals surface area (Å²) < 4.78 is 1.80. The van der Waals surface area contributed by atoms with E-state index in [0.29, 0.717) is 12.8 Å². The first-order chi connectivity index (χ1) is 9.99. The van der Waals surface area contributed by atoms with Gasteiger partial charge in [-0.15, -0.1) is 0 Å². The number of carboxylic acid groups (broad SMARTS) is 1. The Kier molecular flexibility index (Phi) is 4.78. The standard InChI is InChI=1S/C17H22N2O2/c1-4-15-11-16(19(3)18-15)10-14(17(20)21)9-13-7-5-12(2)6-8-13/h5-8,11,14H,4,9-10H2,1-3H3,(H,20,21). The highest BCUT2D eigenvalue weighted by atomic mass is 16.4. The average molecular weight is 286 g/mol. The molecule has 1 aromatic carbocycles. The van der Waals surface area contributed by atoms with Crippen LogP contribution < -0.4 is 0 Å². The molecule has 1 N–H and O–H groups in total. The molecule has 2 rings (SSSR count). The highest BCUT2D eigenvalue weighted by Crippen LogP contribution is 2.17. The van der Waals surface area contributed by atoms with Gasteiger partial charge in [0.2, 0.25) is 0 Å². The molecule has 0 aliphatic heterocycles. The molecule has 0 aliphatic carbocycles. The van der Waals surface area contributed by atoms with Gasteiger partial charge in [-0.1, -0.05) is 36.8 Å². The Morgan fingerprint density at radius 1 is 1.29 bits per heavy atom. The number of aromatic nitrogens is 2. The second-order valence-corrected chi connectivity index (χ2v) is 5.53. The van der Waals surface area contributed by atoms with Crippen LogP contribution in [0.3, 0.4) is 0 Å². The van der Waals surface area contributed by atoms with Gasteiger partial charge in [0.25, 0.3) is 0 Å². The van der Waals surface area contributed by atoms with Gasteiger partial charge in [-0.2, -0.15) is 5.10 Å². The Hall–Kier alpha value is -2.10. The van der Waals surface area contributed by atoms with Crippen molar-refractivity contribution < 1.29 is 9.90 Å². The Labute approximate surface area is 125 Å². The fourth-order valence-corrected chi connectivity index (χ4v) is 2.44. The third-order valence-electron chi connectivity index (χ3n) is 3.80. The second kappa shape index (κ2) is 6.57. The zero-order chi connectivity index (χ0) is 15.4. The number of hydrogen-bond donors (Lipinski definition) is 1. The molecule has 21 heavy (non-hydrogen) atoms. The maximum absolute atomic E-state index is 11.5. The fraction of sp³-hybridized carbons (Fsp3) is 0.412. The van der Waals surface area contributed by atoms with Crippen LogP contribution >= 0.6 is 0 Å². The molecule has 0 fully saturated rings. The first-order valence-corrected chi connectivity index (χ1v) is 7.29. The third-order valence-corrected chi connectivity index (χ3v) is 3.80. The summed E-state index contributed by atoms with van der Waals surface area (Å²) in [5.41, 5.74) is 4.23. The van der Waals surface area contributed by atoms with Crippen molar-refractivity contribution in [3.63, 3.8) is 0 Å². The highest BCUT2D eigenvalue weighted by molar-refractivity contribution is 5.70. The van der Waals surface area contributed by atoms with E-state index in [1.54, 1.807) is 4.68 Å². The largest absolute Gasteiger partial charge is 0.481 e. The Bertz CT molecular complexity index is 614. The highest BCUT2D eigenvalue weighted by Gasteiger charge is 2.20. The van der Waals surface area contributed by atoms with E-state index in [0.717, 1.165) is 23.4 Å². The minimum Gasteiger partial charge on any atom is -0.481 e. The van der Waals surface area contributed by atoms with Gasteiger partial charge in [-0.3, -0.25) is 9.48 Å². The fourth-order valence-electron chi connectivity index (χ4n) is 2.44. The molecule has 0 spiro atoms. The molecule has 1 aromatic heterocycles. The van der Waals surface area contributed by atoms with Gasteiger partial charge in [-0.05, 0) is 31.4 Å². The number of aryl methyl sites for hydroxylation is 3. The molecule has 112 valence electrons. The molecule has 1 atom stereocenters. The van der Waals surface area contributed by atoms with Crippen molar-refractivity contribution in [3.05, 3.63) is 52.8 Å². The summed E-state index contributed by atoms with van der Waals surface area (Å²) in [4.78, 5) is 11.5. The van der Waals surface area contributed by atoms with Gasteiger partial charge in [0, 0.05) is 19.2 Å². The topological polar surface area (TPSA) is 55.1 Å². The summed E-state index contributed by atoms with van der Waals surface area (Å²) in [6, 6.07) is 10.1. The molecule has 0 radical (unpaired) electrons. The molecule has 0 saturated carbocycles. The van der Waals surface area contributed by atoms with Gasteiger partial charge < -0.3 is 5.11 Å². The Balaban J connectivity index is 2.13. The third kappa shape index (κ3) is 3.94. The van der Waals surface area contributed by atoms with Crippen LogP contribution in [0.15, 0.2) is 30.3 Å². The van der Waals surface area contributed by atoms with E-state index in [9.17, 15) is 9.90 Å². The molecular weight excluding hydrogens is 264 g/mol. The maximum atomic E-state index is 11.5. The summed E-state index contributed by atoms with van der Waals surface area (Å²) in [5, 5.41) is 13.9. The number of aliphatic carboxylic acids is 1. The van der Waals surface area contributed by atoms with E-state index in [-0.39, 0.29) is 0 Å². The Morgan fingerprint density at radius 3 is 2.48 bits per heavy atom. The van der Waals surface area contributed by atoms with Crippen LogP contribution in [0.5, 0.6) is 0 Å². The molecule has 0 saturated heterocycles. The lowest BCUT2D eigenvalue weighted by Gasteiger charge is -2.12. The molecule has 0 aliphatic rings. The molecule has 0 amide bonds. The summed E-state index contributed by atoms with van der Waals surface area (Å²) in [7, 11) is 1.87. The minimum absolute atomic E-state index is 0.423. The summed E-state index contributed by atoms with van der Waals surface area (Å²) in [6.45, 7) is 4.08. The summed E-state index contributed by atoms with van der Waals surface area (Å²) in [6.07, 6.45) is 1.92. The smallest absolute Gasteiger partial charge is 0.307 e. The van der Waals surface area contributed by atoms with Crippen molar-refractivity contribution in [2.45, 2.75) is 33.1 Å². The minimum atomic E-state index is -0.755. The predicted molar refractivity (Wildman–Crippen MR) is 82.3 cm³/mol. The van der Waals surface area contributed by atoms with E-state index in [1.165, 1.54) is 5.56 Å². The van der Waals surface area contributed by atoms with Crippen LogP contribution in [0.25, 0.3) is 0 Å². The van der Waals surface area contributed by atoms with Crippen molar-refractivity contribution >= 4 is 5.97 Å². The second-order valence-electron chi connectivity index (χ2n) is 5.53. The number of hydrogen-bond acceptors (Lipinski definition) is 2. The number of benzene rings is 1. The number of nitrogens with zero attached hydrogens (tertiary/aromatic N) is 2. The van der Waals surface area contributed by atoms with E-state index in [2.05, 4.69) is 5.10 Å².